The normalized spacial score (nSPS) is 32.4. The summed E-state index contributed by atoms with van der Waals surface area (Å²) in [4.78, 5) is 13.2. The minimum Gasteiger partial charge on any atom is -0.469 e. The molecule has 2 aliphatic heterocycles. The van der Waals surface area contributed by atoms with Crippen molar-refractivity contribution in [3.63, 3.8) is 0 Å². The van der Waals surface area contributed by atoms with Gasteiger partial charge in [-0.2, -0.15) is 0 Å². The molecule has 4 nitrogen and oxygen atoms in total. The van der Waals surface area contributed by atoms with Crippen molar-refractivity contribution in [2.75, 3.05) is 33.3 Å². The second-order valence-electron chi connectivity index (χ2n) is 5.24. The number of methoxy groups -OCH3 is 1. The first-order valence-corrected chi connectivity index (χ1v) is 6.41. The third kappa shape index (κ3) is 3.38. The molecule has 0 spiro atoms. The van der Waals surface area contributed by atoms with Gasteiger partial charge < -0.3 is 10.1 Å². The minimum absolute atomic E-state index is 0.0554. The monoisotopic (exact) mass is 262 g/mol. The van der Waals surface area contributed by atoms with Crippen LogP contribution in [0, 0.1) is 5.92 Å². The van der Waals surface area contributed by atoms with Crippen molar-refractivity contribution in [2.24, 2.45) is 5.92 Å². The standard InChI is InChI=1S/C12H20F2N2O2/c1-18-11(17)9-2-4-15-10(6-9)7-16-5-3-12(13,14)8-16/h9-10,15H,2-8H2,1H3/t9-,10+/m0/s1. The average Bonchev–Trinajstić information content (AvgIpc) is 2.68. The molecule has 2 fully saturated rings. The van der Waals surface area contributed by atoms with Gasteiger partial charge in [-0.1, -0.05) is 0 Å². The van der Waals surface area contributed by atoms with Gasteiger partial charge in [-0.25, -0.2) is 8.78 Å². The van der Waals surface area contributed by atoms with Gasteiger partial charge in [0, 0.05) is 25.6 Å². The van der Waals surface area contributed by atoms with Crippen LogP contribution in [0.15, 0.2) is 0 Å². The highest BCUT2D eigenvalue weighted by Crippen LogP contribution is 2.27. The highest BCUT2D eigenvalue weighted by atomic mass is 19.3. The number of hydrogen-bond donors (Lipinski definition) is 1. The molecular formula is C12H20F2N2O2. The fourth-order valence-electron chi connectivity index (χ4n) is 2.80. The van der Waals surface area contributed by atoms with Crippen LogP contribution in [0.25, 0.3) is 0 Å². The van der Waals surface area contributed by atoms with Crippen molar-refractivity contribution in [1.29, 1.82) is 0 Å². The van der Waals surface area contributed by atoms with Gasteiger partial charge >= 0.3 is 5.97 Å². The van der Waals surface area contributed by atoms with Crippen LogP contribution in [0.3, 0.4) is 0 Å². The Morgan fingerprint density at radius 2 is 2.33 bits per heavy atom. The van der Waals surface area contributed by atoms with Crippen molar-refractivity contribution >= 4 is 5.97 Å². The van der Waals surface area contributed by atoms with E-state index < -0.39 is 5.92 Å². The molecule has 0 aromatic heterocycles. The second kappa shape index (κ2) is 5.48. The van der Waals surface area contributed by atoms with Gasteiger partial charge in [0.05, 0.1) is 19.6 Å². The SMILES string of the molecule is COC(=O)[C@H]1CCN[C@@H](CN2CCC(F)(F)C2)C1. The summed E-state index contributed by atoms with van der Waals surface area (Å²) < 4.78 is 30.9. The van der Waals surface area contributed by atoms with Gasteiger partial charge in [0.15, 0.2) is 0 Å². The fourth-order valence-corrected chi connectivity index (χ4v) is 2.80. The van der Waals surface area contributed by atoms with Crippen LogP contribution in [0.2, 0.25) is 0 Å². The van der Waals surface area contributed by atoms with Crippen molar-refractivity contribution in [3.8, 4) is 0 Å². The van der Waals surface area contributed by atoms with Crippen LogP contribution >= 0.6 is 0 Å². The van der Waals surface area contributed by atoms with E-state index in [1.165, 1.54) is 7.11 Å². The maximum Gasteiger partial charge on any atom is 0.308 e. The summed E-state index contributed by atoms with van der Waals surface area (Å²) >= 11 is 0. The first kappa shape index (κ1) is 13.7. The van der Waals surface area contributed by atoms with E-state index in [0.29, 0.717) is 19.5 Å². The van der Waals surface area contributed by atoms with Crippen molar-refractivity contribution in [2.45, 2.75) is 31.2 Å². The highest BCUT2D eigenvalue weighted by Gasteiger charge is 2.39. The first-order valence-electron chi connectivity index (χ1n) is 6.41. The molecule has 0 radical (unpaired) electrons. The van der Waals surface area contributed by atoms with Gasteiger partial charge in [0.2, 0.25) is 0 Å². The number of likely N-dealkylation sites (tertiary alicyclic amines) is 1. The Morgan fingerprint density at radius 3 is 2.94 bits per heavy atom. The van der Waals surface area contributed by atoms with Gasteiger partial charge in [-0.05, 0) is 19.4 Å². The lowest BCUT2D eigenvalue weighted by molar-refractivity contribution is -0.146. The molecule has 2 heterocycles. The van der Waals surface area contributed by atoms with Gasteiger partial charge in [0.25, 0.3) is 5.92 Å². The van der Waals surface area contributed by atoms with Crippen LogP contribution in [0.4, 0.5) is 8.78 Å². The summed E-state index contributed by atoms with van der Waals surface area (Å²) in [6, 6.07) is 0.108. The molecule has 6 heteroatoms. The predicted molar refractivity (Wildman–Crippen MR) is 62.5 cm³/mol. The quantitative estimate of drug-likeness (QED) is 0.766. The number of carbonyl (C=O) groups is 1. The van der Waals surface area contributed by atoms with Crippen LogP contribution in [-0.4, -0.2) is 56.1 Å². The average molecular weight is 262 g/mol. The summed E-state index contributed by atoms with van der Waals surface area (Å²) in [5.41, 5.74) is 0. The summed E-state index contributed by atoms with van der Waals surface area (Å²) in [5.74, 6) is -2.83. The van der Waals surface area contributed by atoms with Crippen LogP contribution in [-0.2, 0) is 9.53 Å². The lowest BCUT2D eigenvalue weighted by Gasteiger charge is -2.31. The smallest absolute Gasteiger partial charge is 0.308 e. The molecule has 0 unspecified atom stereocenters. The van der Waals surface area contributed by atoms with Crippen molar-refractivity contribution < 1.29 is 18.3 Å². The summed E-state index contributed by atoms with van der Waals surface area (Å²) in [5, 5.41) is 3.29. The van der Waals surface area contributed by atoms with Crippen molar-refractivity contribution in [3.05, 3.63) is 0 Å². The van der Waals surface area contributed by atoms with E-state index in [-0.39, 0.29) is 30.9 Å². The number of hydrogen-bond acceptors (Lipinski definition) is 4. The third-order valence-corrected chi connectivity index (χ3v) is 3.76. The molecule has 2 atom stereocenters. The molecule has 0 amide bonds. The van der Waals surface area contributed by atoms with E-state index in [1.54, 1.807) is 4.90 Å². The van der Waals surface area contributed by atoms with E-state index >= 15 is 0 Å². The van der Waals surface area contributed by atoms with Gasteiger partial charge in [0.1, 0.15) is 0 Å². The van der Waals surface area contributed by atoms with Crippen LogP contribution in [0.5, 0.6) is 0 Å². The van der Waals surface area contributed by atoms with Crippen LogP contribution in [0.1, 0.15) is 19.3 Å². The van der Waals surface area contributed by atoms with E-state index in [0.717, 1.165) is 13.0 Å². The lowest BCUT2D eigenvalue weighted by atomic mass is 9.92. The second-order valence-corrected chi connectivity index (χ2v) is 5.24. The number of carbonyl (C=O) groups excluding carboxylic acids is 1. The lowest BCUT2D eigenvalue weighted by Crippen LogP contribution is -2.47. The number of alkyl halides is 2. The number of nitrogens with zero attached hydrogens (tertiary/aromatic N) is 1. The Morgan fingerprint density at radius 1 is 1.56 bits per heavy atom. The highest BCUT2D eigenvalue weighted by molar-refractivity contribution is 5.72. The van der Waals surface area contributed by atoms with E-state index in [9.17, 15) is 13.6 Å². The molecule has 18 heavy (non-hydrogen) atoms. The van der Waals surface area contributed by atoms with Gasteiger partial charge in [-0.3, -0.25) is 9.69 Å². The summed E-state index contributed by atoms with van der Waals surface area (Å²) in [6.07, 6.45) is 1.38. The fraction of sp³-hybridized carbons (Fsp3) is 0.917. The Bertz CT molecular complexity index is 312. The predicted octanol–water partition coefficient (Wildman–Crippen LogP) is 0.869. The molecule has 0 aliphatic carbocycles. The molecule has 104 valence electrons. The first-order chi connectivity index (χ1) is 8.50. The van der Waals surface area contributed by atoms with E-state index in [2.05, 4.69) is 5.32 Å². The van der Waals surface area contributed by atoms with E-state index in [1.807, 2.05) is 0 Å². The molecule has 0 aromatic carbocycles. The number of piperidine rings is 1. The number of esters is 1. The van der Waals surface area contributed by atoms with Crippen molar-refractivity contribution in [1.82, 2.24) is 10.2 Å². The molecule has 0 bridgehead atoms. The third-order valence-electron chi connectivity index (χ3n) is 3.76. The Labute approximate surface area is 106 Å². The number of rotatable bonds is 3. The zero-order valence-corrected chi connectivity index (χ0v) is 10.6. The van der Waals surface area contributed by atoms with Gasteiger partial charge in [-0.15, -0.1) is 0 Å². The zero-order valence-electron chi connectivity index (χ0n) is 10.6. The molecule has 0 saturated carbocycles. The molecule has 2 saturated heterocycles. The van der Waals surface area contributed by atoms with E-state index in [4.69, 9.17) is 4.74 Å². The maximum absolute atomic E-state index is 13.1. The Balaban J connectivity index is 1.81. The van der Waals surface area contributed by atoms with Crippen LogP contribution < -0.4 is 5.32 Å². The number of nitrogens with one attached hydrogen (secondary N) is 1. The maximum atomic E-state index is 13.1. The molecular weight excluding hydrogens is 242 g/mol. The zero-order chi connectivity index (χ0) is 13.2. The molecule has 2 aliphatic rings. The summed E-state index contributed by atoms with van der Waals surface area (Å²) in [6.45, 7) is 1.61. The topological polar surface area (TPSA) is 41.6 Å². The Kier molecular flexibility index (Phi) is 4.17. The molecule has 1 N–H and O–H groups in total. The molecule has 2 rings (SSSR count). The number of halogens is 2. The molecule has 0 aromatic rings. The minimum atomic E-state index is -2.55. The number of ether oxygens (including phenoxy) is 1. The summed E-state index contributed by atoms with van der Waals surface area (Å²) in [7, 11) is 1.39. The largest absolute Gasteiger partial charge is 0.469 e. The Hall–Kier alpha value is -0.750.